The Kier molecular flexibility index (Phi) is 11.7. The van der Waals surface area contributed by atoms with E-state index in [0.29, 0.717) is 6.42 Å². The first-order valence-corrected chi connectivity index (χ1v) is 10.1. The lowest BCUT2D eigenvalue weighted by Crippen LogP contribution is -2.21. The third-order valence-electron chi connectivity index (χ3n) is 4.52. The van der Waals surface area contributed by atoms with Gasteiger partial charge in [0.2, 0.25) is 5.91 Å². The zero-order valence-electron chi connectivity index (χ0n) is 16.3. The van der Waals surface area contributed by atoms with Crippen molar-refractivity contribution in [1.82, 2.24) is 4.57 Å². The number of carbonyl (C=O) groups excluding carboxylic acids is 2. The molecular formula is C21H34FNO3. The van der Waals surface area contributed by atoms with Gasteiger partial charge >= 0.3 is 5.97 Å². The summed E-state index contributed by atoms with van der Waals surface area (Å²) in [6, 6.07) is 3.11. The maximum atomic E-state index is 14.1. The second kappa shape index (κ2) is 13.5. The van der Waals surface area contributed by atoms with Crippen molar-refractivity contribution in [3.63, 3.8) is 0 Å². The summed E-state index contributed by atoms with van der Waals surface area (Å²) in [4.78, 5) is 24.0. The molecule has 1 rings (SSSR count). The minimum absolute atomic E-state index is 0.159. The molecule has 26 heavy (non-hydrogen) atoms. The summed E-state index contributed by atoms with van der Waals surface area (Å²) < 4.78 is 20.2. The van der Waals surface area contributed by atoms with Crippen molar-refractivity contribution in [3.05, 3.63) is 24.0 Å². The van der Waals surface area contributed by atoms with Gasteiger partial charge in [-0.05, 0) is 25.5 Å². The molecule has 1 aromatic rings. The fourth-order valence-electron chi connectivity index (χ4n) is 3.04. The van der Waals surface area contributed by atoms with Crippen molar-refractivity contribution < 1.29 is 18.7 Å². The number of esters is 1. The minimum atomic E-state index is -1.16. The van der Waals surface area contributed by atoms with Crippen LogP contribution in [0.3, 0.4) is 0 Å². The van der Waals surface area contributed by atoms with Crippen molar-refractivity contribution >= 4 is 11.9 Å². The highest BCUT2D eigenvalue weighted by Crippen LogP contribution is 2.15. The Hall–Kier alpha value is -1.65. The van der Waals surface area contributed by atoms with E-state index in [-0.39, 0.29) is 18.7 Å². The van der Waals surface area contributed by atoms with E-state index in [9.17, 15) is 14.0 Å². The second-order valence-corrected chi connectivity index (χ2v) is 6.80. The maximum Gasteiger partial charge on any atom is 0.355 e. The molecule has 0 aliphatic carbocycles. The normalized spacial score (nSPS) is 12.1. The highest BCUT2D eigenvalue weighted by atomic mass is 19.1. The van der Waals surface area contributed by atoms with Crippen molar-refractivity contribution in [2.45, 2.75) is 90.6 Å². The number of halogens is 1. The van der Waals surface area contributed by atoms with E-state index in [1.54, 1.807) is 13.0 Å². The van der Waals surface area contributed by atoms with Gasteiger partial charge in [0.25, 0.3) is 0 Å². The van der Waals surface area contributed by atoms with Gasteiger partial charge in [-0.3, -0.25) is 9.36 Å². The van der Waals surface area contributed by atoms with Crippen LogP contribution in [0.2, 0.25) is 0 Å². The summed E-state index contributed by atoms with van der Waals surface area (Å²) in [5, 5.41) is 0. The number of rotatable bonds is 14. The second-order valence-electron chi connectivity index (χ2n) is 6.80. The van der Waals surface area contributed by atoms with Crippen LogP contribution in [-0.2, 0) is 4.74 Å². The highest BCUT2D eigenvalue weighted by Gasteiger charge is 2.19. The first-order chi connectivity index (χ1) is 12.6. The third-order valence-corrected chi connectivity index (χ3v) is 4.52. The lowest BCUT2D eigenvalue weighted by Gasteiger charge is -2.10. The topological polar surface area (TPSA) is 48.3 Å². The molecule has 0 aromatic carbocycles. The largest absolute Gasteiger partial charge is 0.461 e. The SMILES string of the molecule is CCCCCCCCCCCC(F)CC(=O)n1cccc1C(=O)OCC. The quantitative estimate of drug-likeness (QED) is 0.301. The molecule has 1 atom stereocenters. The van der Waals surface area contributed by atoms with Crippen molar-refractivity contribution in [1.29, 1.82) is 0 Å². The standard InChI is InChI=1S/C21H34FNO3/c1-3-5-6-7-8-9-10-11-12-14-18(22)17-20(24)23-16-13-15-19(23)21(25)26-4-2/h13,15-16,18H,3-12,14,17H2,1-2H3. The highest BCUT2D eigenvalue weighted by molar-refractivity contribution is 5.93. The first-order valence-electron chi connectivity index (χ1n) is 10.1. The molecule has 1 aromatic heterocycles. The molecule has 1 unspecified atom stereocenters. The van der Waals surface area contributed by atoms with E-state index in [1.165, 1.54) is 55.4 Å². The smallest absolute Gasteiger partial charge is 0.355 e. The lowest BCUT2D eigenvalue weighted by atomic mass is 10.0. The van der Waals surface area contributed by atoms with Gasteiger partial charge in [0.05, 0.1) is 13.0 Å². The molecule has 0 saturated carbocycles. The Morgan fingerprint density at radius 1 is 1.04 bits per heavy atom. The Labute approximate surface area is 157 Å². The number of hydrogen-bond acceptors (Lipinski definition) is 3. The molecule has 148 valence electrons. The Bertz CT molecular complexity index is 527. The fourth-order valence-corrected chi connectivity index (χ4v) is 3.04. The molecular weight excluding hydrogens is 333 g/mol. The number of carbonyl (C=O) groups is 2. The molecule has 1 heterocycles. The monoisotopic (exact) mass is 367 g/mol. The molecule has 0 aliphatic heterocycles. The molecule has 0 amide bonds. The van der Waals surface area contributed by atoms with Crippen LogP contribution in [0.25, 0.3) is 0 Å². The van der Waals surface area contributed by atoms with E-state index in [4.69, 9.17) is 4.74 Å². The summed E-state index contributed by atoms with van der Waals surface area (Å²) in [6.45, 7) is 4.16. The van der Waals surface area contributed by atoms with Gasteiger partial charge in [-0.2, -0.15) is 0 Å². The van der Waals surface area contributed by atoms with Crippen LogP contribution in [0.1, 0.15) is 99.8 Å². The van der Waals surface area contributed by atoms with Crippen LogP contribution >= 0.6 is 0 Å². The number of ether oxygens (including phenoxy) is 1. The third kappa shape index (κ3) is 8.63. The Morgan fingerprint density at radius 3 is 2.27 bits per heavy atom. The van der Waals surface area contributed by atoms with E-state index >= 15 is 0 Å². The molecule has 5 heteroatoms. The summed E-state index contributed by atoms with van der Waals surface area (Å²) in [5.74, 6) is -0.957. The lowest BCUT2D eigenvalue weighted by molar-refractivity contribution is 0.0506. The van der Waals surface area contributed by atoms with Crippen LogP contribution in [0, 0.1) is 0 Å². The van der Waals surface area contributed by atoms with Crippen molar-refractivity contribution in [3.8, 4) is 0 Å². The maximum absolute atomic E-state index is 14.1. The predicted molar refractivity (Wildman–Crippen MR) is 102 cm³/mol. The van der Waals surface area contributed by atoms with Gasteiger partial charge < -0.3 is 4.74 Å². The van der Waals surface area contributed by atoms with Crippen molar-refractivity contribution in [2.24, 2.45) is 0 Å². The first kappa shape index (κ1) is 22.4. The molecule has 0 fully saturated rings. The van der Waals surface area contributed by atoms with E-state index in [2.05, 4.69) is 6.92 Å². The number of alkyl halides is 1. The predicted octanol–water partition coefficient (Wildman–Crippen LogP) is 5.95. The van der Waals surface area contributed by atoms with Gasteiger partial charge in [0.15, 0.2) is 0 Å². The van der Waals surface area contributed by atoms with E-state index < -0.39 is 18.0 Å². The number of aromatic nitrogens is 1. The molecule has 0 saturated heterocycles. The molecule has 0 bridgehead atoms. The summed E-state index contributed by atoms with van der Waals surface area (Å²) >= 11 is 0. The zero-order chi connectivity index (χ0) is 19.2. The summed E-state index contributed by atoms with van der Waals surface area (Å²) in [6.07, 6.45) is 11.2. The molecule has 0 aliphatic rings. The molecule has 0 N–H and O–H groups in total. The van der Waals surface area contributed by atoms with Gasteiger partial charge in [-0.15, -0.1) is 0 Å². The zero-order valence-corrected chi connectivity index (χ0v) is 16.3. The van der Waals surface area contributed by atoms with Gasteiger partial charge in [0, 0.05) is 6.20 Å². The van der Waals surface area contributed by atoms with Gasteiger partial charge in [-0.25, -0.2) is 9.18 Å². The van der Waals surface area contributed by atoms with E-state index in [1.807, 2.05) is 0 Å². The van der Waals surface area contributed by atoms with Crippen LogP contribution in [0.4, 0.5) is 4.39 Å². The average Bonchev–Trinajstić information content (AvgIpc) is 3.10. The van der Waals surface area contributed by atoms with Crippen LogP contribution in [0.5, 0.6) is 0 Å². The van der Waals surface area contributed by atoms with Crippen LogP contribution in [0.15, 0.2) is 18.3 Å². The molecule has 0 radical (unpaired) electrons. The number of unbranched alkanes of at least 4 members (excludes halogenated alkanes) is 8. The number of hydrogen-bond donors (Lipinski definition) is 0. The fraction of sp³-hybridized carbons (Fsp3) is 0.714. The minimum Gasteiger partial charge on any atom is -0.461 e. The summed E-state index contributed by atoms with van der Waals surface area (Å²) in [5.41, 5.74) is 0.159. The molecule has 0 spiro atoms. The average molecular weight is 368 g/mol. The summed E-state index contributed by atoms with van der Waals surface area (Å²) in [7, 11) is 0. The van der Waals surface area contributed by atoms with Gasteiger partial charge in [-0.1, -0.05) is 64.7 Å². The van der Waals surface area contributed by atoms with Crippen LogP contribution in [-0.4, -0.2) is 29.2 Å². The van der Waals surface area contributed by atoms with Crippen molar-refractivity contribution in [2.75, 3.05) is 6.61 Å². The molecule has 4 nitrogen and oxygen atoms in total. The van der Waals surface area contributed by atoms with Crippen LogP contribution < -0.4 is 0 Å². The van der Waals surface area contributed by atoms with Gasteiger partial charge in [0.1, 0.15) is 11.9 Å². The number of nitrogens with zero attached hydrogens (tertiary/aromatic N) is 1. The Balaban J connectivity index is 2.21. The Morgan fingerprint density at radius 2 is 1.65 bits per heavy atom. The van der Waals surface area contributed by atoms with E-state index in [0.717, 1.165) is 19.3 Å².